The van der Waals surface area contributed by atoms with Crippen LogP contribution in [0.1, 0.15) is 54.1 Å². The van der Waals surface area contributed by atoms with E-state index in [1.165, 1.54) is 36.4 Å². The normalized spacial score (nSPS) is 10.9. The van der Waals surface area contributed by atoms with Gasteiger partial charge in [-0.05, 0) is 94.5 Å². The molecule has 0 saturated heterocycles. The molecule has 71 heavy (non-hydrogen) atoms. The van der Waals surface area contributed by atoms with Crippen molar-refractivity contribution >= 4 is 34.1 Å². The van der Waals surface area contributed by atoms with Gasteiger partial charge in [0.1, 0.15) is 49.4 Å². The Morgan fingerprint density at radius 2 is 0.761 bits per heavy atom. The smallest absolute Gasteiger partial charge is 0.416 e. The minimum atomic E-state index is -4.51. The summed E-state index contributed by atoms with van der Waals surface area (Å²) in [5.74, 6) is 1.29. The van der Waals surface area contributed by atoms with E-state index < -0.39 is 34.6 Å². The fraction of sp³-hybridized carbons (Fsp3) is 0.107. The zero-order valence-corrected chi connectivity index (χ0v) is 38.4. The van der Waals surface area contributed by atoms with E-state index in [0.29, 0.717) is 41.8 Å². The number of carbonyl (C=O) groups is 2. The fourth-order valence-corrected chi connectivity index (χ4v) is 6.49. The van der Waals surface area contributed by atoms with Gasteiger partial charge in [0.2, 0.25) is 0 Å². The molecule has 0 radical (unpaired) electrons. The van der Waals surface area contributed by atoms with Gasteiger partial charge in [-0.25, -0.2) is 0 Å². The van der Waals surface area contributed by atoms with Crippen LogP contribution in [0.25, 0.3) is 0 Å². The molecule has 3 N–H and O–H groups in total. The number of nitrogens with two attached hydrogens (primary N) is 1. The summed E-state index contributed by atoms with van der Waals surface area (Å²) in [5.41, 5.74) is 8.26. The van der Waals surface area contributed by atoms with Gasteiger partial charge in [-0.15, -0.1) is 0 Å². The predicted molar refractivity (Wildman–Crippen MR) is 261 cm³/mol. The first-order valence-corrected chi connectivity index (χ1v) is 22.0. The Hall–Kier alpha value is -8.23. The second-order valence-electron chi connectivity index (χ2n) is 15.4. The fourth-order valence-electron chi connectivity index (χ4n) is 6.38. The van der Waals surface area contributed by atoms with Crippen molar-refractivity contribution in [3.05, 3.63) is 251 Å². The van der Waals surface area contributed by atoms with Crippen molar-refractivity contribution in [3.63, 3.8) is 0 Å². The van der Waals surface area contributed by atoms with Crippen LogP contribution in [0.4, 0.5) is 37.7 Å². The molecule has 8 aromatic rings. The zero-order valence-electron chi connectivity index (χ0n) is 37.6. The Kier molecular flexibility index (Phi) is 18.7. The van der Waals surface area contributed by atoms with Crippen molar-refractivity contribution in [2.75, 3.05) is 11.1 Å². The molecule has 1 amide bonds. The largest absolute Gasteiger partial charge is 0.489 e. The predicted octanol–water partition coefficient (Wildman–Crippen LogP) is 14.6. The Bertz CT molecular complexity index is 2820. The first kappa shape index (κ1) is 52.1. The molecule has 0 aliphatic rings. The van der Waals surface area contributed by atoms with Crippen LogP contribution in [0.2, 0.25) is 0 Å². The monoisotopic (exact) mass is 990 g/mol. The summed E-state index contributed by atoms with van der Waals surface area (Å²) in [6.07, 6.45) is -8.81. The van der Waals surface area contributed by atoms with Gasteiger partial charge in [-0.2, -0.15) is 26.3 Å². The Morgan fingerprint density at radius 1 is 0.423 bits per heavy atom. The van der Waals surface area contributed by atoms with Crippen molar-refractivity contribution in [2.45, 2.75) is 38.8 Å². The summed E-state index contributed by atoms with van der Waals surface area (Å²) in [5, 5.41) is 1.98. The molecule has 0 bridgehead atoms. The molecule has 0 aromatic heterocycles. The highest BCUT2D eigenvalue weighted by Gasteiger charge is 2.31. The lowest BCUT2D eigenvalue weighted by molar-refractivity contribution is -0.138. The van der Waals surface area contributed by atoms with Crippen LogP contribution in [0.3, 0.4) is 0 Å². The molecule has 8 rings (SSSR count). The number of nitrogens with one attached hydrogen (secondary N) is 1. The topological polar surface area (TPSA) is 109 Å². The van der Waals surface area contributed by atoms with Crippen molar-refractivity contribution < 1.29 is 54.9 Å². The van der Waals surface area contributed by atoms with Crippen LogP contribution in [-0.4, -0.2) is 11.1 Å². The first-order valence-electron chi connectivity index (χ1n) is 21.7. The van der Waals surface area contributed by atoms with E-state index in [-0.39, 0.29) is 30.2 Å². The van der Waals surface area contributed by atoms with Gasteiger partial charge in [0.05, 0.1) is 11.1 Å². The van der Waals surface area contributed by atoms with Crippen molar-refractivity contribution in [2.24, 2.45) is 0 Å². The van der Waals surface area contributed by atoms with Crippen molar-refractivity contribution in [1.29, 1.82) is 0 Å². The first-order chi connectivity index (χ1) is 34.1. The molecular formula is C56H45ClF6N2O6. The number of anilines is 2. The Morgan fingerprint density at radius 3 is 1.08 bits per heavy atom. The average Bonchev–Trinajstić information content (AvgIpc) is 3.37. The molecule has 0 unspecified atom stereocenters. The van der Waals surface area contributed by atoms with Crippen LogP contribution in [0.15, 0.2) is 206 Å². The number of carbonyl (C=O) groups excluding carboxylic acids is 2. The molecule has 0 saturated carbocycles. The summed E-state index contributed by atoms with van der Waals surface area (Å²) in [6.45, 7) is 1.35. The minimum Gasteiger partial charge on any atom is -0.489 e. The summed E-state index contributed by atoms with van der Waals surface area (Å²) in [4.78, 5) is 24.5. The molecule has 8 aromatic carbocycles. The molecule has 8 nitrogen and oxygen atoms in total. The van der Waals surface area contributed by atoms with E-state index >= 15 is 0 Å². The third kappa shape index (κ3) is 17.7. The average molecular weight is 991 g/mol. The lowest BCUT2D eigenvalue weighted by Gasteiger charge is -2.14. The molecule has 0 spiro atoms. The number of amides is 1. The summed E-state index contributed by atoms with van der Waals surface area (Å²) in [6, 6.07) is 57.4. The van der Waals surface area contributed by atoms with Gasteiger partial charge in [-0.1, -0.05) is 133 Å². The van der Waals surface area contributed by atoms with Gasteiger partial charge in [-0.3, -0.25) is 9.59 Å². The highest BCUT2D eigenvalue weighted by Crippen LogP contribution is 2.32. The van der Waals surface area contributed by atoms with Crippen LogP contribution >= 0.6 is 11.6 Å². The number of halogens is 7. The third-order valence-electron chi connectivity index (χ3n) is 9.90. The van der Waals surface area contributed by atoms with E-state index in [1.54, 1.807) is 24.3 Å². The molecule has 364 valence electrons. The lowest BCUT2D eigenvalue weighted by atomic mass is 10.1. The summed E-state index contributed by atoms with van der Waals surface area (Å²) in [7, 11) is 0. The Balaban J connectivity index is 0.000000198. The maximum Gasteiger partial charge on any atom is 0.416 e. The quantitative estimate of drug-likeness (QED) is 0.0598. The van der Waals surface area contributed by atoms with Gasteiger partial charge in [0.25, 0.3) is 11.1 Å². The number of rotatable bonds is 15. The summed E-state index contributed by atoms with van der Waals surface area (Å²) < 4.78 is 98.2. The number of hydrogen-bond donors (Lipinski definition) is 2. The standard InChI is InChI=1S/C28H22F3NO3.C21H17ClO3.C7H6F3N/c29-28(30,31)23-12-7-13-24(16-23)32-27(33)22-14-25(34-18-20-8-3-1-4-9-20)17-26(15-22)35-19-21-10-5-2-6-11-21;22-21(23)18-11-19(24-14-16-7-3-1-4-8-16)13-20(12-18)25-15-17-9-5-2-6-10-17;8-7(9,10)5-2-1-3-6(11)4-5/h1-17H,18-19H2,(H,32,33);1-13H,14-15H2;1-4H,11H2. The molecule has 0 fully saturated rings. The minimum absolute atomic E-state index is 0.0344. The highest BCUT2D eigenvalue weighted by molar-refractivity contribution is 6.67. The van der Waals surface area contributed by atoms with Crippen LogP contribution < -0.4 is 30.0 Å². The SMILES string of the molecule is Nc1cccc(C(F)(F)F)c1.O=C(Cl)c1cc(OCc2ccccc2)cc(OCc2ccccc2)c1.O=C(Nc1cccc(C(F)(F)F)c1)c1cc(OCc2ccccc2)cc(OCc2ccccc2)c1. The van der Waals surface area contributed by atoms with Crippen molar-refractivity contribution in [3.8, 4) is 23.0 Å². The zero-order chi connectivity index (χ0) is 50.6. The van der Waals surface area contributed by atoms with E-state index in [2.05, 4.69) is 5.32 Å². The van der Waals surface area contributed by atoms with Gasteiger partial charge in [0.15, 0.2) is 0 Å². The van der Waals surface area contributed by atoms with Gasteiger partial charge < -0.3 is 30.0 Å². The third-order valence-corrected chi connectivity index (χ3v) is 10.1. The number of nitrogen functional groups attached to an aromatic ring is 1. The van der Waals surface area contributed by atoms with Gasteiger partial charge >= 0.3 is 12.4 Å². The van der Waals surface area contributed by atoms with Crippen LogP contribution in [0.5, 0.6) is 23.0 Å². The molecule has 0 aliphatic heterocycles. The number of hydrogen-bond acceptors (Lipinski definition) is 7. The van der Waals surface area contributed by atoms with E-state index in [1.807, 2.05) is 121 Å². The Labute approximate surface area is 411 Å². The van der Waals surface area contributed by atoms with Crippen molar-refractivity contribution in [1.82, 2.24) is 0 Å². The number of alkyl halides is 6. The summed E-state index contributed by atoms with van der Waals surface area (Å²) >= 11 is 5.63. The molecular weight excluding hydrogens is 946 g/mol. The van der Waals surface area contributed by atoms with E-state index in [9.17, 15) is 35.9 Å². The number of benzene rings is 8. The molecule has 15 heteroatoms. The maximum absolute atomic E-state index is 13.0. The second-order valence-corrected chi connectivity index (χ2v) is 15.8. The van der Waals surface area contributed by atoms with E-state index in [4.69, 9.17) is 36.3 Å². The van der Waals surface area contributed by atoms with Crippen LogP contribution in [-0.2, 0) is 38.8 Å². The van der Waals surface area contributed by atoms with Gasteiger partial charge in [0, 0.05) is 34.6 Å². The number of ether oxygens (including phenoxy) is 4. The molecule has 0 heterocycles. The van der Waals surface area contributed by atoms with E-state index in [0.717, 1.165) is 46.5 Å². The van der Waals surface area contributed by atoms with Crippen LogP contribution in [0, 0.1) is 0 Å². The lowest BCUT2D eigenvalue weighted by Crippen LogP contribution is -2.13. The second kappa shape index (κ2) is 25.4. The molecule has 0 atom stereocenters. The maximum atomic E-state index is 13.0. The highest BCUT2D eigenvalue weighted by atomic mass is 35.5. The molecule has 0 aliphatic carbocycles.